The molecule has 3 aliphatic rings. The Kier molecular flexibility index (Phi) is 4.81. The van der Waals surface area contributed by atoms with Gasteiger partial charge in [0.2, 0.25) is 0 Å². The number of rotatable bonds is 4. The molecule has 146 valence electrons. The van der Waals surface area contributed by atoms with Gasteiger partial charge in [-0.2, -0.15) is 0 Å². The van der Waals surface area contributed by atoms with Crippen LogP contribution in [0.25, 0.3) is 0 Å². The van der Waals surface area contributed by atoms with E-state index < -0.39 is 0 Å². The molecule has 0 radical (unpaired) electrons. The lowest BCUT2D eigenvalue weighted by molar-refractivity contribution is 0.180. The van der Waals surface area contributed by atoms with Gasteiger partial charge in [0.05, 0.1) is 0 Å². The smallest absolute Gasteiger partial charge is 0.125 e. The van der Waals surface area contributed by atoms with Gasteiger partial charge in [0, 0.05) is 30.5 Å². The fourth-order valence-corrected chi connectivity index (χ4v) is 4.56. The van der Waals surface area contributed by atoms with Crippen molar-refractivity contribution in [3.63, 3.8) is 0 Å². The molecule has 2 aromatic rings. The molecule has 3 nitrogen and oxygen atoms in total. The number of hydrogen-bond donors (Lipinski definition) is 1. The van der Waals surface area contributed by atoms with Crippen molar-refractivity contribution in [2.24, 2.45) is 16.8 Å². The van der Waals surface area contributed by atoms with Gasteiger partial charge < -0.3 is 10.1 Å². The van der Waals surface area contributed by atoms with E-state index in [0.29, 0.717) is 11.8 Å². The summed E-state index contributed by atoms with van der Waals surface area (Å²) < 4.78 is 6.33. The highest BCUT2D eigenvalue weighted by Crippen LogP contribution is 2.40. The van der Waals surface area contributed by atoms with Crippen molar-refractivity contribution in [2.75, 3.05) is 6.54 Å². The highest BCUT2D eigenvalue weighted by Gasteiger charge is 2.36. The summed E-state index contributed by atoms with van der Waals surface area (Å²) >= 11 is 0. The third kappa shape index (κ3) is 3.65. The predicted molar refractivity (Wildman–Crippen MR) is 118 cm³/mol. The quantitative estimate of drug-likeness (QED) is 0.791. The number of nitrogens with one attached hydrogen (secondary N) is 1. The summed E-state index contributed by atoms with van der Waals surface area (Å²) in [6.07, 6.45) is 11.8. The second kappa shape index (κ2) is 7.75. The minimum absolute atomic E-state index is 0.0215. The minimum atomic E-state index is 0.0215. The number of aliphatic imine (C=N–C) groups is 1. The molecular formula is C26H26N2O. The molecule has 0 aromatic heterocycles. The van der Waals surface area contributed by atoms with Crippen molar-refractivity contribution in [3.05, 3.63) is 101 Å². The largest absolute Gasteiger partial charge is 0.486 e. The molecule has 1 N–H and O–H groups in total. The Hall–Kier alpha value is -3.07. The fourth-order valence-electron chi connectivity index (χ4n) is 4.56. The molecule has 29 heavy (non-hydrogen) atoms. The molecule has 0 saturated carbocycles. The maximum atomic E-state index is 6.33. The summed E-state index contributed by atoms with van der Waals surface area (Å²) in [7, 11) is 0. The van der Waals surface area contributed by atoms with Crippen LogP contribution >= 0.6 is 0 Å². The molecule has 2 aromatic carbocycles. The maximum absolute atomic E-state index is 6.33. The Morgan fingerprint density at radius 1 is 0.966 bits per heavy atom. The zero-order valence-electron chi connectivity index (χ0n) is 16.7. The van der Waals surface area contributed by atoms with E-state index >= 15 is 0 Å². The molecule has 0 amide bonds. The highest BCUT2D eigenvalue weighted by molar-refractivity contribution is 5.67. The Labute approximate surface area is 172 Å². The first-order chi connectivity index (χ1) is 14.3. The van der Waals surface area contributed by atoms with Crippen LogP contribution in [0, 0.1) is 18.8 Å². The van der Waals surface area contributed by atoms with E-state index in [9.17, 15) is 0 Å². The van der Waals surface area contributed by atoms with Gasteiger partial charge in [-0.25, -0.2) is 4.99 Å². The Balaban J connectivity index is 1.36. The molecule has 0 saturated heterocycles. The predicted octanol–water partition coefficient (Wildman–Crippen LogP) is 5.17. The van der Waals surface area contributed by atoms with Gasteiger partial charge in [0.15, 0.2) is 0 Å². The number of para-hydroxylation sites is 1. The fraction of sp³-hybridized carbons (Fsp3) is 0.269. The molecule has 2 heterocycles. The minimum Gasteiger partial charge on any atom is -0.486 e. The summed E-state index contributed by atoms with van der Waals surface area (Å²) in [6.45, 7) is 3.07. The third-order valence-corrected chi connectivity index (χ3v) is 6.16. The van der Waals surface area contributed by atoms with E-state index in [-0.39, 0.29) is 12.0 Å². The molecule has 4 unspecified atom stereocenters. The van der Waals surface area contributed by atoms with Crippen LogP contribution < -0.4 is 10.1 Å². The van der Waals surface area contributed by atoms with E-state index in [0.717, 1.165) is 24.5 Å². The molecule has 0 spiro atoms. The Morgan fingerprint density at radius 2 is 1.76 bits per heavy atom. The van der Waals surface area contributed by atoms with Gasteiger partial charge in [-0.05, 0) is 42.7 Å². The average molecular weight is 383 g/mol. The third-order valence-electron chi connectivity index (χ3n) is 6.16. The number of ether oxygens (including phenoxy) is 1. The van der Waals surface area contributed by atoms with Gasteiger partial charge in [0.25, 0.3) is 0 Å². The first kappa shape index (κ1) is 18.0. The topological polar surface area (TPSA) is 33.6 Å². The Morgan fingerprint density at radius 3 is 2.59 bits per heavy atom. The van der Waals surface area contributed by atoms with Crippen LogP contribution in [0.1, 0.15) is 23.5 Å². The number of allylic oxidation sites excluding steroid dienone is 2. The summed E-state index contributed by atoms with van der Waals surface area (Å²) in [6, 6.07) is 19.0. The van der Waals surface area contributed by atoms with E-state index in [1.165, 1.54) is 16.7 Å². The van der Waals surface area contributed by atoms with Crippen LogP contribution in [-0.4, -0.2) is 18.9 Å². The van der Waals surface area contributed by atoms with Gasteiger partial charge in [-0.3, -0.25) is 0 Å². The Bertz CT molecular complexity index is 985. The second-order valence-corrected chi connectivity index (χ2v) is 8.11. The van der Waals surface area contributed by atoms with Crippen molar-refractivity contribution in [3.8, 4) is 5.75 Å². The lowest BCUT2D eigenvalue weighted by Crippen LogP contribution is -2.33. The zero-order chi connectivity index (χ0) is 19.6. The van der Waals surface area contributed by atoms with Gasteiger partial charge in [-0.1, -0.05) is 66.3 Å². The van der Waals surface area contributed by atoms with Gasteiger partial charge in [0.1, 0.15) is 17.7 Å². The number of nitrogens with zero attached hydrogens (tertiary/aromatic N) is 1. The van der Waals surface area contributed by atoms with Gasteiger partial charge in [-0.15, -0.1) is 0 Å². The number of hydrogen-bond acceptors (Lipinski definition) is 3. The average Bonchev–Trinajstić information content (AvgIpc) is 3.19. The van der Waals surface area contributed by atoms with Gasteiger partial charge >= 0.3 is 0 Å². The maximum Gasteiger partial charge on any atom is 0.125 e. The standard InChI is InChI=1S/C26H26N2O/c1-18-11-13-19(14-12-18)24-17-28-26-23(24)15-20(16-27-26)22-9-5-6-10-25(22)29-21-7-3-2-4-8-21/h2-14,16,20,22,24-25,28H,15,17H2,1H3. The second-order valence-electron chi connectivity index (χ2n) is 8.11. The molecule has 3 heteroatoms. The number of aryl methyl sites for hydroxylation is 1. The summed E-state index contributed by atoms with van der Waals surface area (Å²) in [5.41, 5.74) is 4.11. The first-order valence-corrected chi connectivity index (χ1v) is 10.4. The molecule has 0 fully saturated rings. The normalized spacial score (nSPS) is 27.6. The molecule has 0 bridgehead atoms. The lowest BCUT2D eigenvalue weighted by atomic mass is 9.77. The van der Waals surface area contributed by atoms with Crippen molar-refractivity contribution in [1.82, 2.24) is 5.32 Å². The summed E-state index contributed by atoms with van der Waals surface area (Å²) in [5.74, 6) is 2.99. The molecular weight excluding hydrogens is 356 g/mol. The van der Waals surface area contributed by atoms with Crippen molar-refractivity contribution < 1.29 is 4.74 Å². The summed E-state index contributed by atoms with van der Waals surface area (Å²) in [4.78, 5) is 4.81. The SMILES string of the molecule is Cc1ccc(C2CNC3=C2CC(C2C=CC=CC2Oc2ccccc2)C=N3)cc1. The lowest BCUT2D eigenvalue weighted by Gasteiger charge is -2.32. The van der Waals surface area contributed by atoms with Crippen molar-refractivity contribution >= 4 is 6.21 Å². The van der Waals surface area contributed by atoms with Crippen LogP contribution in [0.3, 0.4) is 0 Å². The number of benzene rings is 2. The van der Waals surface area contributed by atoms with Crippen LogP contribution in [-0.2, 0) is 0 Å². The van der Waals surface area contributed by atoms with E-state index in [2.05, 4.69) is 67.0 Å². The first-order valence-electron chi connectivity index (χ1n) is 10.4. The molecule has 4 atom stereocenters. The van der Waals surface area contributed by atoms with E-state index in [1.54, 1.807) is 0 Å². The molecule has 5 rings (SSSR count). The van der Waals surface area contributed by atoms with Crippen LogP contribution in [0.5, 0.6) is 5.75 Å². The van der Waals surface area contributed by atoms with E-state index in [1.807, 2.05) is 30.3 Å². The van der Waals surface area contributed by atoms with E-state index in [4.69, 9.17) is 9.73 Å². The van der Waals surface area contributed by atoms with Crippen LogP contribution in [0.15, 0.2) is 95.3 Å². The summed E-state index contributed by atoms with van der Waals surface area (Å²) in [5, 5.41) is 3.51. The van der Waals surface area contributed by atoms with Crippen molar-refractivity contribution in [1.29, 1.82) is 0 Å². The van der Waals surface area contributed by atoms with Crippen LogP contribution in [0.4, 0.5) is 0 Å². The molecule has 2 aliphatic heterocycles. The monoisotopic (exact) mass is 382 g/mol. The zero-order valence-corrected chi connectivity index (χ0v) is 16.7. The highest BCUT2D eigenvalue weighted by atomic mass is 16.5. The van der Waals surface area contributed by atoms with Crippen LogP contribution in [0.2, 0.25) is 0 Å². The molecule has 1 aliphatic carbocycles. The van der Waals surface area contributed by atoms with Crippen molar-refractivity contribution in [2.45, 2.75) is 25.4 Å².